The smallest absolute Gasteiger partial charge is 0.00926 e. The van der Waals surface area contributed by atoms with Crippen molar-refractivity contribution < 1.29 is 0 Å². The van der Waals surface area contributed by atoms with Crippen LogP contribution in [-0.4, -0.2) is 24.5 Å². The summed E-state index contributed by atoms with van der Waals surface area (Å²) in [4.78, 5) is 2.49. The summed E-state index contributed by atoms with van der Waals surface area (Å²) < 4.78 is 0. The van der Waals surface area contributed by atoms with E-state index >= 15 is 0 Å². The number of unbranched alkanes of at least 4 members (excludes halogenated alkanes) is 1. The molecular weight excluding hydrogens is 134 g/mol. The molecule has 0 aromatic carbocycles. The fourth-order valence-electron chi connectivity index (χ4n) is 2.03. The number of hydrogen-bond acceptors (Lipinski definition) is 1. The van der Waals surface area contributed by atoms with Gasteiger partial charge in [0.1, 0.15) is 0 Å². The van der Waals surface area contributed by atoms with E-state index in [1.807, 2.05) is 0 Å². The minimum absolute atomic E-state index is 0.835. The summed E-state index contributed by atoms with van der Waals surface area (Å²) in [6, 6.07) is 0.835. The zero-order valence-electron chi connectivity index (χ0n) is 8.14. The Kier molecular flexibility index (Phi) is 3.38. The van der Waals surface area contributed by atoms with Crippen molar-refractivity contribution in [3.63, 3.8) is 0 Å². The molecule has 0 aliphatic carbocycles. The molecule has 1 rings (SSSR count). The van der Waals surface area contributed by atoms with E-state index in [9.17, 15) is 0 Å². The van der Waals surface area contributed by atoms with Crippen molar-refractivity contribution in [3.05, 3.63) is 0 Å². The summed E-state index contributed by atoms with van der Waals surface area (Å²) in [5.74, 6) is 0.986. The molecule has 1 nitrogen and oxygen atoms in total. The van der Waals surface area contributed by atoms with E-state index in [-0.39, 0.29) is 0 Å². The average molecular weight is 155 g/mol. The van der Waals surface area contributed by atoms with Gasteiger partial charge in [-0.1, -0.05) is 19.8 Å². The molecule has 2 unspecified atom stereocenters. The number of likely N-dealkylation sites (tertiary alicyclic amines) is 1. The molecule has 1 heterocycles. The third-order valence-corrected chi connectivity index (χ3v) is 3.16. The normalized spacial score (nSPS) is 33.0. The Hall–Kier alpha value is -0.0400. The highest BCUT2D eigenvalue weighted by molar-refractivity contribution is 4.81. The minimum atomic E-state index is 0.835. The first kappa shape index (κ1) is 9.05. The van der Waals surface area contributed by atoms with E-state index < -0.39 is 0 Å². The Bertz CT molecular complexity index is 111. The molecule has 0 amide bonds. The number of rotatable bonds is 3. The van der Waals surface area contributed by atoms with Crippen LogP contribution in [0.5, 0.6) is 0 Å². The average Bonchev–Trinajstić information content (AvgIpc) is 2.31. The second-order valence-corrected chi connectivity index (χ2v) is 3.91. The molecule has 1 aliphatic heterocycles. The molecule has 11 heavy (non-hydrogen) atoms. The number of hydrogen-bond donors (Lipinski definition) is 0. The van der Waals surface area contributed by atoms with E-state index in [1.165, 1.54) is 32.2 Å². The van der Waals surface area contributed by atoms with Gasteiger partial charge in [0.15, 0.2) is 0 Å². The Morgan fingerprint density at radius 1 is 1.45 bits per heavy atom. The van der Waals surface area contributed by atoms with Crippen LogP contribution in [0, 0.1) is 5.92 Å². The first-order valence-electron chi connectivity index (χ1n) is 4.96. The van der Waals surface area contributed by atoms with E-state index in [0.29, 0.717) is 0 Å². The van der Waals surface area contributed by atoms with Gasteiger partial charge in [0.05, 0.1) is 0 Å². The van der Waals surface area contributed by atoms with Gasteiger partial charge in [-0.05, 0) is 39.3 Å². The van der Waals surface area contributed by atoms with Crippen LogP contribution in [0.2, 0.25) is 0 Å². The molecule has 0 aromatic heterocycles. The Morgan fingerprint density at radius 3 is 2.64 bits per heavy atom. The Morgan fingerprint density at radius 2 is 2.18 bits per heavy atom. The van der Waals surface area contributed by atoms with E-state index in [0.717, 1.165) is 12.0 Å². The van der Waals surface area contributed by atoms with Crippen molar-refractivity contribution in [1.29, 1.82) is 0 Å². The molecule has 1 aliphatic rings. The Balaban J connectivity index is 2.24. The van der Waals surface area contributed by atoms with Crippen molar-refractivity contribution >= 4 is 0 Å². The van der Waals surface area contributed by atoms with Gasteiger partial charge < -0.3 is 4.90 Å². The van der Waals surface area contributed by atoms with Crippen LogP contribution in [0.25, 0.3) is 0 Å². The van der Waals surface area contributed by atoms with Crippen LogP contribution in [-0.2, 0) is 0 Å². The Labute approximate surface area is 70.8 Å². The van der Waals surface area contributed by atoms with Gasteiger partial charge >= 0.3 is 0 Å². The highest BCUT2D eigenvalue weighted by Crippen LogP contribution is 2.26. The van der Waals surface area contributed by atoms with Crippen LogP contribution in [0.1, 0.15) is 39.5 Å². The van der Waals surface area contributed by atoms with Crippen LogP contribution in [0.3, 0.4) is 0 Å². The highest BCUT2D eigenvalue weighted by atomic mass is 15.1. The predicted octanol–water partition coefficient (Wildman–Crippen LogP) is 2.52. The first-order valence-corrected chi connectivity index (χ1v) is 4.96. The molecule has 0 radical (unpaired) electrons. The monoisotopic (exact) mass is 155 g/mol. The number of nitrogens with zero attached hydrogens (tertiary/aromatic N) is 1. The van der Waals surface area contributed by atoms with E-state index in [2.05, 4.69) is 25.8 Å². The van der Waals surface area contributed by atoms with Crippen LogP contribution in [0.4, 0.5) is 0 Å². The summed E-state index contributed by atoms with van der Waals surface area (Å²) in [6.07, 6.45) is 5.65. The van der Waals surface area contributed by atoms with Gasteiger partial charge in [-0.15, -0.1) is 0 Å². The largest absolute Gasteiger partial charge is 0.303 e. The van der Waals surface area contributed by atoms with Gasteiger partial charge in [-0.2, -0.15) is 0 Å². The van der Waals surface area contributed by atoms with Crippen LogP contribution >= 0.6 is 0 Å². The molecule has 0 spiro atoms. The lowest BCUT2D eigenvalue weighted by Gasteiger charge is -2.19. The third kappa shape index (κ3) is 2.19. The molecule has 2 atom stereocenters. The zero-order valence-corrected chi connectivity index (χ0v) is 8.14. The molecule has 1 saturated heterocycles. The summed E-state index contributed by atoms with van der Waals surface area (Å²) in [5, 5.41) is 0. The second-order valence-electron chi connectivity index (χ2n) is 3.91. The van der Waals surface area contributed by atoms with E-state index in [1.54, 1.807) is 0 Å². The van der Waals surface area contributed by atoms with Crippen molar-refractivity contribution in [2.75, 3.05) is 13.6 Å². The van der Waals surface area contributed by atoms with Gasteiger partial charge in [0.25, 0.3) is 0 Å². The fourth-order valence-corrected chi connectivity index (χ4v) is 2.03. The lowest BCUT2D eigenvalue weighted by atomic mass is 9.95. The summed E-state index contributed by atoms with van der Waals surface area (Å²) in [7, 11) is 2.25. The predicted molar refractivity (Wildman–Crippen MR) is 49.7 cm³/mol. The molecule has 0 saturated carbocycles. The maximum Gasteiger partial charge on any atom is 0.00926 e. The van der Waals surface area contributed by atoms with Gasteiger partial charge in [0.2, 0.25) is 0 Å². The first-order chi connectivity index (χ1) is 5.25. The lowest BCUT2D eigenvalue weighted by molar-refractivity contribution is 0.282. The minimum Gasteiger partial charge on any atom is -0.303 e. The molecule has 0 bridgehead atoms. The van der Waals surface area contributed by atoms with Crippen molar-refractivity contribution in [3.8, 4) is 0 Å². The van der Waals surface area contributed by atoms with Gasteiger partial charge in [-0.3, -0.25) is 0 Å². The quantitative estimate of drug-likeness (QED) is 0.605. The SMILES string of the molecule is CCCCC1CCN(C)C1C. The lowest BCUT2D eigenvalue weighted by Crippen LogP contribution is -2.25. The maximum atomic E-state index is 2.49. The van der Waals surface area contributed by atoms with Gasteiger partial charge in [-0.25, -0.2) is 0 Å². The second kappa shape index (κ2) is 4.10. The maximum absolute atomic E-state index is 2.49. The molecule has 1 heteroatoms. The van der Waals surface area contributed by atoms with Crippen LogP contribution < -0.4 is 0 Å². The summed E-state index contributed by atoms with van der Waals surface area (Å²) >= 11 is 0. The fraction of sp³-hybridized carbons (Fsp3) is 1.00. The molecule has 0 aromatic rings. The molecular formula is C10H21N. The molecule has 1 fully saturated rings. The van der Waals surface area contributed by atoms with Crippen LogP contribution in [0.15, 0.2) is 0 Å². The molecule has 0 N–H and O–H groups in total. The molecule has 66 valence electrons. The highest BCUT2D eigenvalue weighted by Gasteiger charge is 2.26. The van der Waals surface area contributed by atoms with Crippen molar-refractivity contribution in [2.24, 2.45) is 5.92 Å². The zero-order chi connectivity index (χ0) is 8.27. The summed E-state index contributed by atoms with van der Waals surface area (Å²) in [6.45, 7) is 5.96. The van der Waals surface area contributed by atoms with Gasteiger partial charge in [0, 0.05) is 6.04 Å². The van der Waals surface area contributed by atoms with Crippen molar-refractivity contribution in [2.45, 2.75) is 45.6 Å². The van der Waals surface area contributed by atoms with E-state index in [4.69, 9.17) is 0 Å². The third-order valence-electron chi connectivity index (χ3n) is 3.16. The topological polar surface area (TPSA) is 3.24 Å². The summed E-state index contributed by atoms with van der Waals surface area (Å²) in [5.41, 5.74) is 0. The van der Waals surface area contributed by atoms with Crippen molar-refractivity contribution in [1.82, 2.24) is 4.90 Å². The standard InChI is InChI=1S/C10H21N/c1-4-5-6-10-7-8-11(3)9(10)2/h9-10H,4-8H2,1-3H3.